The molecular formula is C36H31BN4O8. The normalized spacial score (nSPS) is 11.0. The van der Waals surface area contributed by atoms with Gasteiger partial charge >= 0.3 is 18.9 Å². The van der Waals surface area contributed by atoms with Crippen LogP contribution in [0.1, 0.15) is 69.7 Å². The second-order valence-corrected chi connectivity index (χ2v) is 10.7. The summed E-state index contributed by atoms with van der Waals surface area (Å²) in [6.07, 6.45) is 5.28. The largest absolute Gasteiger partial charge is 0.489 e. The van der Waals surface area contributed by atoms with Crippen molar-refractivity contribution in [3.05, 3.63) is 129 Å². The highest BCUT2D eigenvalue weighted by molar-refractivity contribution is 6.58. The van der Waals surface area contributed by atoms with E-state index in [9.17, 15) is 24.4 Å². The first-order valence-electron chi connectivity index (χ1n) is 15.3. The van der Waals surface area contributed by atoms with E-state index in [1.807, 2.05) is 30.3 Å². The third kappa shape index (κ3) is 9.65. The highest BCUT2D eigenvalue weighted by Gasteiger charge is 2.15. The van der Waals surface area contributed by atoms with Gasteiger partial charge in [0.15, 0.2) is 22.7 Å². The molecule has 0 fully saturated rings. The van der Waals surface area contributed by atoms with Gasteiger partial charge in [0.2, 0.25) is 0 Å². The predicted molar refractivity (Wildman–Crippen MR) is 185 cm³/mol. The molecule has 0 aliphatic carbocycles. The van der Waals surface area contributed by atoms with Gasteiger partial charge in [-0.3, -0.25) is 14.4 Å². The van der Waals surface area contributed by atoms with Crippen molar-refractivity contribution in [3.8, 4) is 17.6 Å². The van der Waals surface area contributed by atoms with Crippen LogP contribution in [0.5, 0.6) is 5.75 Å². The molecule has 4 N–H and O–H groups in total. The monoisotopic (exact) mass is 658 g/mol. The van der Waals surface area contributed by atoms with Crippen LogP contribution in [-0.4, -0.2) is 41.4 Å². The first-order valence-corrected chi connectivity index (χ1v) is 15.3. The van der Waals surface area contributed by atoms with Gasteiger partial charge in [0.1, 0.15) is 17.9 Å². The average Bonchev–Trinajstić information content (AvgIpc) is 3.58. The molecule has 2 aromatic heterocycles. The van der Waals surface area contributed by atoms with Gasteiger partial charge in [-0.1, -0.05) is 61.7 Å². The van der Waals surface area contributed by atoms with Gasteiger partial charge in [0.05, 0.1) is 17.8 Å². The lowest BCUT2D eigenvalue weighted by molar-refractivity contribution is 0.0920. The Balaban J connectivity index is 1.23. The summed E-state index contributed by atoms with van der Waals surface area (Å²) in [5.41, 5.74) is 6.19. The van der Waals surface area contributed by atoms with E-state index in [2.05, 4.69) is 39.8 Å². The Morgan fingerprint density at radius 1 is 0.878 bits per heavy atom. The summed E-state index contributed by atoms with van der Waals surface area (Å²) in [6, 6.07) is 22.9. The van der Waals surface area contributed by atoms with Crippen LogP contribution in [-0.2, 0) is 6.61 Å². The van der Waals surface area contributed by atoms with E-state index >= 15 is 0 Å². The predicted octanol–water partition coefficient (Wildman–Crippen LogP) is 3.71. The number of amides is 2. The SMILES string of the molecule is CCCCC#Cc1ccc(C(=O)N/N=C/c2cc(/C=N/NC(=O)c3cc(=O)c4ccc(OCc5ccccc5)cc4o3)cc(B(O)O)c2)o1. The number of rotatable bonds is 12. The topological polar surface area (TPSA) is 176 Å². The maximum absolute atomic E-state index is 12.8. The number of fused-ring (bicyclic) bond motifs is 1. The van der Waals surface area contributed by atoms with E-state index in [0.29, 0.717) is 29.2 Å². The van der Waals surface area contributed by atoms with Crippen LogP contribution < -0.4 is 26.5 Å². The van der Waals surface area contributed by atoms with Crippen molar-refractivity contribution in [1.29, 1.82) is 0 Å². The minimum absolute atomic E-state index is 0.0270. The van der Waals surface area contributed by atoms with Crippen molar-refractivity contribution >= 4 is 47.8 Å². The van der Waals surface area contributed by atoms with Crippen LogP contribution >= 0.6 is 0 Å². The minimum Gasteiger partial charge on any atom is -0.489 e. The van der Waals surface area contributed by atoms with E-state index in [0.717, 1.165) is 30.9 Å². The van der Waals surface area contributed by atoms with Gasteiger partial charge in [-0.05, 0) is 64.8 Å². The van der Waals surface area contributed by atoms with Crippen LogP contribution in [0.4, 0.5) is 0 Å². The van der Waals surface area contributed by atoms with Crippen LogP contribution in [0.25, 0.3) is 11.0 Å². The zero-order chi connectivity index (χ0) is 34.6. The Labute approximate surface area is 281 Å². The summed E-state index contributed by atoms with van der Waals surface area (Å²) in [6.45, 7) is 2.38. The molecule has 2 amide bonds. The average molecular weight is 658 g/mol. The molecule has 5 aromatic rings. The number of unbranched alkanes of at least 4 members (excludes halogenated alkanes) is 2. The van der Waals surface area contributed by atoms with E-state index < -0.39 is 24.4 Å². The quantitative estimate of drug-likeness (QED) is 0.0516. The maximum Gasteiger partial charge on any atom is 0.488 e. The van der Waals surface area contributed by atoms with Gasteiger partial charge in [0, 0.05) is 18.6 Å². The van der Waals surface area contributed by atoms with E-state index in [1.165, 1.54) is 36.7 Å². The van der Waals surface area contributed by atoms with Gasteiger partial charge in [-0.15, -0.1) is 0 Å². The second-order valence-electron chi connectivity index (χ2n) is 10.7. The Kier molecular flexibility index (Phi) is 11.5. The molecule has 0 saturated carbocycles. The minimum atomic E-state index is -1.82. The Bertz CT molecular complexity index is 2130. The third-order valence-electron chi connectivity index (χ3n) is 6.93. The van der Waals surface area contributed by atoms with E-state index in [-0.39, 0.29) is 28.0 Å². The zero-order valence-electron chi connectivity index (χ0n) is 26.4. The molecule has 2 heterocycles. The highest BCUT2D eigenvalue weighted by Crippen LogP contribution is 2.21. The molecule has 3 aromatic carbocycles. The summed E-state index contributed by atoms with van der Waals surface area (Å²) in [4.78, 5) is 37.9. The fourth-order valence-corrected chi connectivity index (χ4v) is 4.46. The number of hydrazone groups is 2. The molecule has 49 heavy (non-hydrogen) atoms. The number of carbonyl (C=O) groups excluding carboxylic acids is 2. The summed E-state index contributed by atoms with van der Waals surface area (Å²) in [7, 11) is -1.82. The fourth-order valence-electron chi connectivity index (χ4n) is 4.46. The summed E-state index contributed by atoms with van der Waals surface area (Å²) >= 11 is 0. The zero-order valence-corrected chi connectivity index (χ0v) is 26.4. The molecule has 0 bridgehead atoms. The molecule has 5 rings (SSSR count). The van der Waals surface area contributed by atoms with Crippen LogP contribution in [0, 0.1) is 11.8 Å². The van der Waals surface area contributed by atoms with Crippen molar-refractivity contribution in [1.82, 2.24) is 10.9 Å². The lowest BCUT2D eigenvalue weighted by Gasteiger charge is -2.07. The Morgan fingerprint density at radius 3 is 2.29 bits per heavy atom. The van der Waals surface area contributed by atoms with Crippen LogP contribution in [0.2, 0.25) is 0 Å². The molecule has 246 valence electrons. The Morgan fingerprint density at radius 2 is 1.59 bits per heavy atom. The second kappa shape index (κ2) is 16.6. The van der Waals surface area contributed by atoms with Crippen LogP contribution in [0.15, 0.2) is 109 Å². The van der Waals surface area contributed by atoms with E-state index in [4.69, 9.17) is 13.6 Å². The number of nitrogens with one attached hydrogen (secondary N) is 2. The molecule has 0 aliphatic rings. The molecule has 0 radical (unpaired) electrons. The van der Waals surface area contributed by atoms with Gasteiger partial charge in [-0.2, -0.15) is 10.2 Å². The summed E-state index contributed by atoms with van der Waals surface area (Å²) in [5, 5.41) is 27.7. The van der Waals surface area contributed by atoms with Crippen LogP contribution in [0.3, 0.4) is 0 Å². The van der Waals surface area contributed by atoms with Crippen molar-refractivity contribution in [2.24, 2.45) is 10.2 Å². The molecule has 0 saturated heterocycles. The van der Waals surface area contributed by atoms with Crippen molar-refractivity contribution in [3.63, 3.8) is 0 Å². The fraction of sp³-hybridized carbons (Fsp3) is 0.139. The molecule has 13 heteroatoms. The number of nitrogens with zero attached hydrogens (tertiary/aromatic N) is 2. The molecular weight excluding hydrogens is 627 g/mol. The molecule has 0 aliphatic heterocycles. The number of hydrogen-bond acceptors (Lipinski definition) is 10. The molecule has 0 unspecified atom stereocenters. The Hall–Kier alpha value is -6.23. The maximum atomic E-state index is 12.8. The highest BCUT2D eigenvalue weighted by atomic mass is 16.5. The number of hydrogen-bond donors (Lipinski definition) is 4. The first kappa shape index (κ1) is 34.1. The van der Waals surface area contributed by atoms with Gasteiger partial charge < -0.3 is 23.6 Å². The first-order chi connectivity index (χ1) is 23.8. The van der Waals surface area contributed by atoms with Gasteiger partial charge in [0.25, 0.3) is 0 Å². The number of carbonyl (C=O) groups is 2. The van der Waals surface area contributed by atoms with Crippen molar-refractivity contribution in [2.75, 3.05) is 0 Å². The van der Waals surface area contributed by atoms with Crippen molar-refractivity contribution in [2.45, 2.75) is 32.8 Å². The third-order valence-corrected chi connectivity index (χ3v) is 6.93. The van der Waals surface area contributed by atoms with Crippen molar-refractivity contribution < 1.29 is 33.2 Å². The number of furan rings is 1. The molecule has 0 spiro atoms. The lowest BCUT2D eigenvalue weighted by Crippen LogP contribution is -2.30. The molecule has 12 nitrogen and oxygen atoms in total. The standard InChI is InChI=1S/C36H31BN4O8/c1-2-3-4-8-11-28-13-15-32(48-28)35(43)40-38-21-25-16-26(18-27(17-25)37(45)46)22-39-41-36(44)34-20-31(42)30-14-12-29(19-33(30)49-34)47-23-24-9-6-5-7-10-24/h5-7,9-10,12-22,45-46H,2-4,23H2,1H3,(H,40,43)(H,41,44)/b38-21+,39-22+. The molecule has 0 atom stereocenters. The summed E-state index contributed by atoms with van der Waals surface area (Å²) in [5.74, 6) is 5.04. The smallest absolute Gasteiger partial charge is 0.488 e. The number of benzene rings is 3. The summed E-state index contributed by atoms with van der Waals surface area (Å²) < 4.78 is 16.9. The lowest BCUT2D eigenvalue weighted by atomic mass is 9.79. The van der Waals surface area contributed by atoms with E-state index in [1.54, 1.807) is 24.3 Å². The van der Waals surface area contributed by atoms with Gasteiger partial charge in [-0.25, -0.2) is 10.9 Å². The number of ether oxygens (including phenoxy) is 1.